The molecule has 152 valence electrons. The number of hydrogen-bond acceptors (Lipinski definition) is 7. The molecule has 1 amide bonds. The number of likely N-dealkylation sites (tertiary alicyclic amines) is 1. The van der Waals surface area contributed by atoms with Gasteiger partial charge in [0.05, 0.1) is 36.8 Å². The minimum absolute atomic E-state index is 0. The molecule has 0 aromatic heterocycles. The third kappa shape index (κ3) is 6.06. The van der Waals surface area contributed by atoms with Crippen molar-refractivity contribution in [3.63, 3.8) is 0 Å². The number of ether oxygens (including phenoxy) is 1. The van der Waals surface area contributed by atoms with E-state index in [4.69, 9.17) is 9.39 Å². The number of hydrogen-bond donors (Lipinski definition) is 2. The van der Waals surface area contributed by atoms with Crippen molar-refractivity contribution in [2.75, 3.05) is 13.1 Å². The Morgan fingerprint density at radius 3 is 2.45 bits per heavy atom. The zero-order chi connectivity index (χ0) is 20.6. The molecule has 0 atom stereocenters. The van der Waals surface area contributed by atoms with Crippen LogP contribution in [0.1, 0.15) is 21.5 Å². The smallest absolute Gasteiger partial charge is 0.669 e. The van der Waals surface area contributed by atoms with Crippen LogP contribution in [-0.2, 0) is 17.6 Å². The van der Waals surface area contributed by atoms with Gasteiger partial charge in [0.15, 0.2) is 0 Å². The number of aromatic carboxylic acids is 1. The first-order valence-corrected chi connectivity index (χ1v) is 9.47. The Labute approximate surface area is 224 Å². The number of carbonyl (C=O) groups excluding carboxylic acids is 2. The quantitative estimate of drug-likeness (QED) is 0.442. The van der Waals surface area contributed by atoms with Crippen LogP contribution < -0.4 is 73.6 Å². The fourth-order valence-corrected chi connectivity index (χ4v) is 3.60. The summed E-state index contributed by atoms with van der Waals surface area (Å²) in [4.78, 5) is 25.6. The summed E-state index contributed by atoms with van der Waals surface area (Å²) in [6.07, 6.45) is 0.185. The van der Waals surface area contributed by atoms with E-state index in [0.717, 1.165) is 5.56 Å². The van der Waals surface area contributed by atoms with Gasteiger partial charge < -0.3 is 34.2 Å². The van der Waals surface area contributed by atoms with Crippen molar-refractivity contribution in [1.29, 1.82) is 0 Å². The van der Waals surface area contributed by atoms with E-state index in [9.17, 15) is 24.7 Å². The summed E-state index contributed by atoms with van der Waals surface area (Å²) in [6.45, 7) is -2.44. The maximum Gasteiger partial charge on any atom is 1.00 e. The Morgan fingerprint density at radius 2 is 1.81 bits per heavy atom. The second-order valence-corrected chi connectivity index (χ2v) is 7.43. The third-order valence-corrected chi connectivity index (χ3v) is 5.19. The van der Waals surface area contributed by atoms with E-state index in [1.54, 1.807) is 11.0 Å². The van der Waals surface area contributed by atoms with Crippen molar-refractivity contribution >= 4 is 18.6 Å². The van der Waals surface area contributed by atoms with Gasteiger partial charge in [-0.15, -0.1) is 0 Å². The van der Waals surface area contributed by atoms with Gasteiger partial charge in [-0.3, -0.25) is 4.79 Å². The van der Waals surface area contributed by atoms with E-state index in [1.807, 2.05) is 30.3 Å². The number of rotatable bonds is 5. The molecule has 0 radical (unpaired) electrons. The van der Waals surface area contributed by atoms with E-state index in [1.165, 1.54) is 6.07 Å². The number of amides is 1. The molecule has 2 aromatic rings. The summed E-state index contributed by atoms with van der Waals surface area (Å²) in [6, 6.07) is 12.6. The van der Waals surface area contributed by atoms with Crippen LogP contribution in [0.5, 0.6) is 11.5 Å². The van der Waals surface area contributed by atoms with Gasteiger partial charge in [-0.25, -0.2) is 0 Å². The molecular formula is C20H20BNNa2O7. The topological polar surface area (TPSA) is 119 Å². The first-order chi connectivity index (χ1) is 13.8. The summed E-state index contributed by atoms with van der Waals surface area (Å²) < 4.78 is 10.9. The minimum atomic E-state index is -3.11. The zero-order valence-electron chi connectivity index (χ0n) is 17.6. The van der Waals surface area contributed by atoms with Crippen LogP contribution in [0.3, 0.4) is 0 Å². The van der Waals surface area contributed by atoms with Gasteiger partial charge in [0.1, 0.15) is 11.9 Å². The second-order valence-electron chi connectivity index (χ2n) is 7.43. The molecule has 2 heterocycles. The van der Waals surface area contributed by atoms with Gasteiger partial charge in [-0.05, 0) is 23.6 Å². The molecule has 0 unspecified atom stereocenters. The summed E-state index contributed by atoms with van der Waals surface area (Å²) >= 11 is 0. The maximum atomic E-state index is 12.3. The molecule has 1 fully saturated rings. The normalized spacial score (nSPS) is 16.5. The van der Waals surface area contributed by atoms with Gasteiger partial charge in [-0.1, -0.05) is 42.7 Å². The minimum Gasteiger partial charge on any atom is -0.669 e. The van der Waals surface area contributed by atoms with Gasteiger partial charge in [0, 0.05) is 0 Å². The van der Waals surface area contributed by atoms with E-state index in [0.29, 0.717) is 25.1 Å². The SMILES string of the molecule is O=C([O-])c1c(OC2CN(C(=O)Cc3ccccc3)C2)ccc2c1O[B-](O)(O)CC2.[Na+].[Na+]. The average molecular weight is 443 g/mol. The van der Waals surface area contributed by atoms with Crippen molar-refractivity contribution in [2.24, 2.45) is 0 Å². The fraction of sp³-hybridized carbons (Fsp3) is 0.300. The largest absolute Gasteiger partial charge is 1.00 e. The molecule has 4 rings (SSSR count). The molecule has 0 saturated carbocycles. The number of carboxylic acid groups (broad SMARTS) is 1. The summed E-state index contributed by atoms with van der Waals surface area (Å²) in [5.74, 6) is -1.66. The van der Waals surface area contributed by atoms with Crippen LogP contribution >= 0.6 is 0 Å². The second kappa shape index (κ2) is 10.7. The van der Waals surface area contributed by atoms with Gasteiger partial charge >= 0.3 is 65.9 Å². The van der Waals surface area contributed by atoms with Crippen molar-refractivity contribution in [3.05, 3.63) is 59.2 Å². The number of benzene rings is 2. The van der Waals surface area contributed by atoms with E-state index < -0.39 is 12.7 Å². The maximum absolute atomic E-state index is 12.3. The molecule has 11 heteroatoms. The van der Waals surface area contributed by atoms with Crippen molar-refractivity contribution in [3.8, 4) is 11.5 Å². The van der Waals surface area contributed by atoms with Crippen molar-refractivity contribution in [2.45, 2.75) is 25.3 Å². The van der Waals surface area contributed by atoms with Gasteiger partial charge in [0.2, 0.25) is 5.91 Å². The van der Waals surface area contributed by atoms with E-state index in [2.05, 4.69) is 0 Å². The molecule has 0 spiro atoms. The van der Waals surface area contributed by atoms with Crippen molar-refractivity contribution < 1.29 is 93.2 Å². The molecule has 1 saturated heterocycles. The molecule has 2 aliphatic heterocycles. The molecule has 31 heavy (non-hydrogen) atoms. The Bertz CT molecular complexity index is 952. The van der Waals surface area contributed by atoms with Crippen LogP contribution in [0.4, 0.5) is 0 Å². The summed E-state index contributed by atoms with van der Waals surface area (Å²) in [5.41, 5.74) is 1.13. The molecule has 0 bridgehead atoms. The third-order valence-electron chi connectivity index (χ3n) is 5.19. The number of aryl methyl sites for hydroxylation is 1. The Hall–Kier alpha value is -1.04. The molecule has 2 N–H and O–H groups in total. The number of nitrogens with zero attached hydrogens (tertiary/aromatic N) is 1. The predicted octanol–water partition coefficient (Wildman–Crippen LogP) is -6.25. The monoisotopic (exact) mass is 443 g/mol. The molecule has 2 aromatic carbocycles. The number of carbonyl (C=O) groups is 2. The number of carboxylic acids is 1. The van der Waals surface area contributed by atoms with Crippen molar-refractivity contribution in [1.82, 2.24) is 4.90 Å². The van der Waals surface area contributed by atoms with Crippen LogP contribution in [0.15, 0.2) is 42.5 Å². The molecular weight excluding hydrogens is 423 g/mol. The average Bonchev–Trinajstić information content (AvgIpc) is 2.63. The summed E-state index contributed by atoms with van der Waals surface area (Å²) in [5, 5.41) is 31.2. The van der Waals surface area contributed by atoms with Crippen LogP contribution in [0.25, 0.3) is 0 Å². The first-order valence-electron chi connectivity index (χ1n) is 9.47. The van der Waals surface area contributed by atoms with E-state index in [-0.39, 0.29) is 101 Å². The van der Waals surface area contributed by atoms with Gasteiger partial charge in [0.25, 0.3) is 0 Å². The zero-order valence-corrected chi connectivity index (χ0v) is 21.6. The molecule has 8 nitrogen and oxygen atoms in total. The fourth-order valence-electron chi connectivity index (χ4n) is 3.60. The number of fused-ring (bicyclic) bond motifs is 1. The standard InChI is InChI=1S/C20H21BNO7.2Na/c23-17(10-13-4-2-1-3-5-13)22-11-15(12-22)28-16-7-6-14-8-9-21(26,27)29-19(14)18(16)20(24)25;;/h1-7,15,26-27H,8-12H2,(H,24,25);;/q-1;2*+1/p-1. The van der Waals surface area contributed by atoms with Crippen LogP contribution in [0.2, 0.25) is 6.32 Å². The molecule has 2 aliphatic rings. The first kappa shape index (κ1) is 26.2. The van der Waals surface area contributed by atoms with Crippen LogP contribution in [0, 0.1) is 0 Å². The Kier molecular flexibility index (Phi) is 9.07. The van der Waals surface area contributed by atoms with Gasteiger partial charge in [-0.2, -0.15) is 0 Å². The van der Waals surface area contributed by atoms with Crippen LogP contribution in [-0.4, -0.2) is 52.8 Å². The summed E-state index contributed by atoms with van der Waals surface area (Å²) in [7, 11) is 0. The predicted molar refractivity (Wildman–Crippen MR) is 101 cm³/mol. The Morgan fingerprint density at radius 1 is 1.13 bits per heavy atom. The Balaban J connectivity index is 0.00000171. The van der Waals surface area contributed by atoms with E-state index >= 15 is 0 Å². The molecule has 0 aliphatic carbocycles.